The molecular formula is C17H32O3. The van der Waals surface area contributed by atoms with Gasteiger partial charge >= 0.3 is 5.97 Å². The van der Waals surface area contributed by atoms with Crippen molar-refractivity contribution in [3.8, 4) is 0 Å². The monoisotopic (exact) mass is 284 g/mol. The summed E-state index contributed by atoms with van der Waals surface area (Å²) in [6.07, 6.45) is 11.0. The van der Waals surface area contributed by atoms with Gasteiger partial charge in [0.2, 0.25) is 0 Å². The number of unbranched alkanes of at least 4 members (excludes halogenated alkanes) is 7. The number of rotatable bonds is 13. The Hall–Kier alpha value is -0.860. The number of hydrogen-bond donors (Lipinski definition) is 0. The lowest BCUT2D eigenvalue weighted by Crippen LogP contribution is -2.12. The van der Waals surface area contributed by atoms with Crippen molar-refractivity contribution in [2.45, 2.75) is 97.5 Å². The van der Waals surface area contributed by atoms with E-state index in [-0.39, 0.29) is 24.3 Å². The zero-order valence-electron chi connectivity index (χ0n) is 13.6. The third-order valence-electron chi connectivity index (χ3n) is 3.28. The van der Waals surface area contributed by atoms with Gasteiger partial charge in [-0.1, -0.05) is 51.9 Å². The highest BCUT2D eigenvalue weighted by Crippen LogP contribution is 2.10. The van der Waals surface area contributed by atoms with E-state index in [1.54, 1.807) is 0 Å². The predicted octanol–water partition coefficient (Wildman–Crippen LogP) is 4.82. The van der Waals surface area contributed by atoms with Crippen LogP contribution >= 0.6 is 0 Å². The van der Waals surface area contributed by atoms with E-state index >= 15 is 0 Å². The van der Waals surface area contributed by atoms with E-state index in [1.807, 2.05) is 13.8 Å². The molecule has 0 aliphatic heterocycles. The molecular weight excluding hydrogens is 252 g/mol. The molecule has 0 saturated heterocycles. The molecule has 3 heteroatoms. The fourth-order valence-corrected chi connectivity index (χ4v) is 2.14. The molecule has 0 spiro atoms. The summed E-state index contributed by atoms with van der Waals surface area (Å²) in [5.74, 6) is -0.0686. The molecule has 0 saturated carbocycles. The molecule has 118 valence electrons. The summed E-state index contributed by atoms with van der Waals surface area (Å²) in [5.41, 5.74) is 0. The summed E-state index contributed by atoms with van der Waals surface area (Å²) in [6.45, 7) is 5.86. The van der Waals surface area contributed by atoms with Crippen LogP contribution in [0.3, 0.4) is 0 Å². The van der Waals surface area contributed by atoms with E-state index in [4.69, 9.17) is 4.74 Å². The summed E-state index contributed by atoms with van der Waals surface area (Å²) in [6, 6.07) is 0. The number of ketones is 1. The second-order valence-corrected chi connectivity index (χ2v) is 5.80. The van der Waals surface area contributed by atoms with Crippen LogP contribution in [0.2, 0.25) is 0 Å². The molecule has 3 nitrogen and oxygen atoms in total. The molecule has 0 bridgehead atoms. The number of Topliss-reactive ketones (excluding diaryl/α,β-unsaturated/α-hetero) is 1. The minimum absolute atomic E-state index is 0.0923. The zero-order valence-corrected chi connectivity index (χ0v) is 13.6. The van der Waals surface area contributed by atoms with E-state index in [0.717, 1.165) is 12.8 Å². The van der Waals surface area contributed by atoms with Gasteiger partial charge in [0.1, 0.15) is 5.78 Å². The Morgan fingerprint density at radius 3 is 1.90 bits per heavy atom. The van der Waals surface area contributed by atoms with Crippen molar-refractivity contribution in [1.82, 2.24) is 0 Å². The SMILES string of the molecule is CCCCCCCCCCC(=O)CCC(=O)OC(C)C. The van der Waals surface area contributed by atoms with Crippen LogP contribution in [0.25, 0.3) is 0 Å². The van der Waals surface area contributed by atoms with Gasteiger partial charge in [-0.3, -0.25) is 9.59 Å². The molecule has 0 N–H and O–H groups in total. The molecule has 0 aromatic carbocycles. The first-order chi connectivity index (χ1) is 9.56. The number of hydrogen-bond acceptors (Lipinski definition) is 3. The third-order valence-corrected chi connectivity index (χ3v) is 3.28. The fourth-order valence-electron chi connectivity index (χ4n) is 2.14. The molecule has 0 aromatic heterocycles. The quantitative estimate of drug-likeness (QED) is 0.360. The van der Waals surface area contributed by atoms with E-state index in [0.29, 0.717) is 12.8 Å². The first-order valence-corrected chi connectivity index (χ1v) is 8.27. The van der Waals surface area contributed by atoms with Crippen molar-refractivity contribution in [3.63, 3.8) is 0 Å². The van der Waals surface area contributed by atoms with Crippen LogP contribution in [0.5, 0.6) is 0 Å². The average Bonchev–Trinajstić information content (AvgIpc) is 2.38. The second kappa shape index (κ2) is 13.1. The number of ether oxygens (including phenoxy) is 1. The Morgan fingerprint density at radius 1 is 0.800 bits per heavy atom. The van der Waals surface area contributed by atoms with Crippen LogP contribution in [-0.4, -0.2) is 17.9 Å². The first kappa shape index (κ1) is 19.1. The molecule has 0 atom stereocenters. The van der Waals surface area contributed by atoms with E-state index in [9.17, 15) is 9.59 Å². The van der Waals surface area contributed by atoms with Crippen molar-refractivity contribution >= 4 is 11.8 Å². The molecule has 0 heterocycles. The van der Waals surface area contributed by atoms with Crippen LogP contribution < -0.4 is 0 Å². The highest BCUT2D eigenvalue weighted by molar-refractivity contribution is 5.82. The number of esters is 1. The van der Waals surface area contributed by atoms with Gasteiger partial charge in [0.05, 0.1) is 12.5 Å². The highest BCUT2D eigenvalue weighted by atomic mass is 16.5. The minimum Gasteiger partial charge on any atom is -0.463 e. The van der Waals surface area contributed by atoms with Crippen LogP contribution in [0.15, 0.2) is 0 Å². The normalized spacial score (nSPS) is 10.8. The molecule has 0 unspecified atom stereocenters. The predicted molar refractivity (Wildman–Crippen MR) is 82.7 cm³/mol. The Labute approximate surface area is 124 Å². The van der Waals surface area contributed by atoms with Crippen molar-refractivity contribution in [2.75, 3.05) is 0 Å². The maximum Gasteiger partial charge on any atom is 0.306 e. The van der Waals surface area contributed by atoms with Gasteiger partial charge in [-0.05, 0) is 20.3 Å². The largest absolute Gasteiger partial charge is 0.463 e. The van der Waals surface area contributed by atoms with Gasteiger partial charge in [-0.25, -0.2) is 0 Å². The summed E-state index contributed by atoms with van der Waals surface area (Å²) in [7, 11) is 0. The maximum atomic E-state index is 11.6. The maximum absolute atomic E-state index is 11.6. The standard InChI is InChI=1S/C17H32O3/c1-4-5-6-7-8-9-10-11-12-16(18)13-14-17(19)20-15(2)3/h15H,4-14H2,1-3H3. The first-order valence-electron chi connectivity index (χ1n) is 8.27. The van der Waals surface area contributed by atoms with Crippen molar-refractivity contribution in [2.24, 2.45) is 0 Å². The number of carbonyl (C=O) groups is 2. The third kappa shape index (κ3) is 13.6. The lowest BCUT2D eigenvalue weighted by Gasteiger charge is -2.07. The van der Waals surface area contributed by atoms with Gasteiger partial charge in [-0.15, -0.1) is 0 Å². The Bertz CT molecular complexity index is 259. The van der Waals surface area contributed by atoms with E-state index < -0.39 is 0 Å². The van der Waals surface area contributed by atoms with Crippen LogP contribution in [0.4, 0.5) is 0 Å². The smallest absolute Gasteiger partial charge is 0.306 e. The second-order valence-electron chi connectivity index (χ2n) is 5.80. The lowest BCUT2D eigenvalue weighted by molar-refractivity contribution is -0.148. The van der Waals surface area contributed by atoms with Crippen molar-refractivity contribution < 1.29 is 14.3 Å². The van der Waals surface area contributed by atoms with Crippen molar-refractivity contribution in [1.29, 1.82) is 0 Å². The van der Waals surface area contributed by atoms with E-state index in [1.165, 1.54) is 38.5 Å². The zero-order chi connectivity index (χ0) is 15.2. The van der Waals surface area contributed by atoms with Gasteiger partial charge in [0.15, 0.2) is 0 Å². The minimum atomic E-state index is -0.260. The fraction of sp³-hybridized carbons (Fsp3) is 0.882. The molecule has 0 fully saturated rings. The van der Waals surface area contributed by atoms with Crippen LogP contribution in [0.1, 0.15) is 91.4 Å². The van der Waals surface area contributed by atoms with Crippen molar-refractivity contribution in [3.05, 3.63) is 0 Å². The van der Waals surface area contributed by atoms with E-state index in [2.05, 4.69) is 6.92 Å². The summed E-state index contributed by atoms with van der Waals surface area (Å²) >= 11 is 0. The van der Waals surface area contributed by atoms with Crippen LogP contribution in [-0.2, 0) is 14.3 Å². The molecule has 0 rings (SSSR count). The van der Waals surface area contributed by atoms with Gasteiger partial charge < -0.3 is 4.74 Å². The molecule has 0 amide bonds. The summed E-state index contributed by atoms with van der Waals surface area (Å²) in [5, 5.41) is 0. The van der Waals surface area contributed by atoms with Crippen LogP contribution in [0, 0.1) is 0 Å². The average molecular weight is 284 g/mol. The molecule has 0 radical (unpaired) electrons. The topological polar surface area (TPSA) is 43.4 Å². The lowest BCUT2D eigenvalue weighted by atomic mass is 10.0. The molecule has 0 aromatic rings. The van der Waals surface area contributed by atoms with Gasteiger partial charge in [0, 0.05) is 12.8 Å². The molecule has 0 aliphatic rings. The summed E-state index contributed by atoms with van der Waals surface area (Å²) in [4.78, 5) is 22.9. The van der Waals surface area contributed by atoms with Gasteiger partial charge in [0.25, 0.3) is 0 Å². The number of carbonyl (C=O) groups excluding carboxylic acids is 2. The Balaban J connectivity index is 3.34. The Kier molecular flexibility index (Phi) is 12.6. The van der Waals surface area contributed by atoms with Gasteiger partial charge in [-0.2, -0.15) is 0 Å². The highest BCUT2D eigenvalue weighted by Gasteiger charge is 2.09. The molecule has 0 aliphatic carbocycles. The molecule has 20 heavy (non-hydrogen) atoms. The summed E-state index contributed by atoms with van der Waals surface area (Å²) < 4.78 is 5.00. The Morgan fingerprint density at radius 2 is 1.35 bits per heavy atom.